The quantitative estimate of drug-likeness (QED) is 0.351. The van der Waals surface area contributed by atoms with E-state index in [9.17, 15) is 4.79 Å². The maximum Gasteiger partial charge on any atom is 0.253 e. The van der Waals surface area contributed by atoms with Crippen LogP contribution < -0.4 is 15.0 Å². The lowest BCUT2D eigenvalue weighted by Crippen LogP contribution is -2.35. The van der Waals surface area contributed by atoms with Crippen LogP contribution in [0.5, 0.6) is 11.5 Å². The number of aromatic nitrogens is 5. The molecule has 1 saturated heterocycles. The fourth-order valence-corrected chi connectivity index (χ4v) is 4.97. The van der Waals surface area contributed by atoms with Crippen molar-refractivity contribution in [3.63, 3.8) is 0 Å². The molecule has 0 aliphatic carbocycles. The van der Waals surface area contributed by atoms with Gasteiger partial charge in [0.2, 0.25) is 0 Å². The van der Waals surface area contributed by atoms with Crippen molar-refractivity contribution in [3.05, 3.63) is 75.8 Å². The first kappa shape index (κ1) is 24.9. The van der Waals surface area contributed by atoms with E-state index >= 15 is 0 Å². The summed E-state index contributed by atoms with van der Waals surface area (Å²) in [5, 5.41) is 13.6. The molecule has 1 aliphatic heterocycles. The van der Waals surface area contributed by atoms with Gasteiger partial charge in [0.15, 0.2) is 17.3 Å². The van der Waals surface area contributed by atoms with Gasteiger partial charge in [0.25, 0.3) is 5.56 Å². The van der Waals surface area contributed by atoms with Crippen LogP contribution in [0, 0.1) is 0 Å². The first-order chi connectivity index (χ1) is 18.1. The van der Waals surface area contributed by atoms with Crippen LogP contribution in [0.25, 0.3) is 10.9 Å². The maximum absolute atomic E-state index is 13.6. The smallest absolute Gasteiger partial charge is 0.253 e. The van der Waals surface area contributed by atoms with Gasteiger partial charge in [-0.15, -0.1) is 5.10 Å². The van der Waals surface area contributed by atoms with E-state index in [0.29, 0.717) is 48.0 Å². The van der Waals surface area contributed by atoms with Gasteiger partial charge in [0, 0.05) is 30.2 Å². The van der Waals surface area contributed by atoms with E-state index in [1.165, 1.54) is 0 Å². The zero-order valence-electron chi connectivity index (χ0n) is 21.4. The van der Waals surface area contributed by atoms with Gasteiger partial charge in [-0.2, -0.15) is 0 Å². The summed E-state index contributed by atoms with van der Waals surface area (Å²) in [6.45, 7) is 4.66. The van der Waals surface area contributed by atoms with E-state index in [2.05, 4.69) is 44.5 Å². The Morgan fingerprint density at radius 2 is 1.95 bits per heavy atom. The van der Waals surface area contributed by atoms with Crippen LogP contribution in [-0.4, -0.2) is 63.6 Å². The van der Waals surface area contributed by atoms with E-state index in [1.54, 1.807) is 25.0 Å². The lowest BCUT2D eigenvalue weighted by molar-refractivity contribution is 0.0907. The van der Waals surface area contributed by atoms with Crippen LogP contribution in [-0.2, 0) is 17.8 Å². The standard InChI is InChI=1S/C27H32N6O4/c1-4-32(16-18-9-6-5-7-10-18)25(26-29-30-31-33(26)17-20-11-8-12-37-20)21-13-19-14-23(35-2)24(36-3)15-22(19)28-27(21)34/h5-7,9-10,13-15,20,25H,4,8,11-12,16-17H2,1-3H3,(H,28,34). The van der Waals surface area contributed by atoms with Crippen molar-refractivity contribution in [2.24, 2.45) is 0 Å². The second kappa shape index (κ2) is 11.1. The molecular formula is C27H32N6O4. The Kier molecular flexibility index (Phi) is 7.47. The number of tetrazole rings is 1. The van der Waals surface area contributed by atoms with Gasteiger partial charge in [0.05, 0.1) is 32.4 Å². The molecule has 37 heavy (non-hydrogen) atoms. The van der Waals surface area contributed by atoms with Crippen LogP contribution in [0.3, 0.4) is 0 Å². The number of ether oxygens (including phenoxy) is 3. The number of fused-ring (bicyclic) bond motifs is 1. The molecule has 0 amide bonds. The summed E-state index contributed by atoms with van der Waals surface area (Å²) in [5.41, 5.74) is 2.15. The zero-order valence-corrected chi connectivity index (χ0v) is 21.4. The summed E-state index contributed by atoms with van der Waals surface area (Å²) < 4.78 is 18.6. The van der Waals surface area contributed by atoms with Crippen molar-refractivity contribution < 1.29 is 14.2 Å². The second-order valence-corrected chi connectivity index (χ2v) is 9.15. The summed E-state index contributed by atoms with van der Waals surface area (Å²) >= 11 is 0. The Hall–Kier alpha value is -3.76. The van der Waals surface area contributed by atoms with Gasteiger partial charge < -0.3 is 19.2 Å². The molecule has 2 aromatic heterocycles. The average molecular weight is 505 g/mol. The molecule has 2 aromatic carbocycles. The van der Waals surface area contributed by atoms with Crippen molar-refractivity contribution in [2.45, 2.75) is 45.0 Å². The van der Waals surface area contributed by atoms with Gasteiger partial charge in [-0.1, -0.05) is 37.3 Å². The van der Waals surface area contributed by atoms with E-state index < -0.39 is 6.04 Å². The second-order valence-electron chi connectivity index (χ2n) is 9.15. The molecule has 10 nitrogen and oxygen atoms in total. The number of hydrogen-bond acceptors (Lipinski definition) is 8. The molecule has 1 fully saturated rings. The van der Waals surface area contributed by atoms with Crippen LogP contribution in [0.1, 0.15) is 42.8 Å². The zero-order chi connectivity index (χ0) is 25.8. The highest BCUT2D eigenvalue weighted by Crippen LogP contribution is 2.33. The van der Waals surface area contributed by atoms with E-state index in [1.807, 2.05) is 30.3 Å². The predicted octanol–water partition coefficient (Wildman–Crippen LogP) is 3.32. The van der Waals surface area contributed by atoms with E-state index in [0.717, 1.165) is 30.4 Å². The van der Waals surface area contributed by atoms with Crippen molar-refractivity contribution >= 4 is 10.9 Å². The number of rotatable bonds is 10. The minimum Gasteiger partial charge on any atom is -0.493 e. The lowest BCUT2D eigenvalue weighted by Gasteiger charge is -2.30. The molecule has 2 atom stereocenters. The molecule has 0 radical (unpaired) electrons. The summed E-state index contributed by atoms with van der Waals surface area (Å²) in [4.78, 5) is 18.9. The third-order valence-corrected chi connectivity index (χ3v) is 6.88. The van der Waals surface area contributed by atoms with Gasteiger partial charge in [0.1, 0.15) is 6.04 Å². The molecule has 0 spiro atoms. The van der Waals surface area contributed by atoms with Crippen molar-refractivity contribution in [2.75, 3.05) is 27.4 Å². The van der Waals surface area contributed by atoms with Crippen molar-refractivity contribution in [1.82, 2.24) is 30.1 Å². The van der Waals surface area contributed by atoms with E-state index in [-0.39, 0.29) is 11.7 Å². The monoisotopic (exact) mass is 504 g/mol. The summed E-state index contributed by atoms with van der Waals surface area (Å²) in [7, 11) is 3.17. The predicted molar refractivity (Wildman–Crippen MR) is 139 cm³/mol. The largest absolute Gasteiger partial charge is 0.493 e. The molecule has 2 unspecified atom stereocenters. The van der Waals surface area contributed by atoms with Crippen LogP contribution in [0.2, 0.25) is 0 Å². The topological polar surface area (TPSA) is 107 Å². The number of pyridine rings is 1. The number of H-pyrrole nitrogens is 1. The highest BCUT2D eigenvalue weighted by Gasteiger charge is 2.31. The molecule has 1 aliphatic rings. The fourth-order valence-electron chi connectivity index (χ4n) is 4.97. The Balaban J connectivity index is 1.63. The fraction of sp³-hybridized carbons (Fsp3) is 0.407. The minimum atomic E-state index is -0.483. The van der Waals surface area contributed by atoms with Crippen LogP contribution in [0.15, 0.2) is 53.3 Å². The Labute approximate surface area is 215 Å². The summed E-state index contributed by atoms with van der Waals surface area (Å²) in [5.74, 6) is 1.75. The van der Waals surface area contributed by atoms with Crippen LogP contribution >= 0.6 is 0 Å². The first-order valence-corrected chi connectivity index (χ1v) is 12.6. The Morgan fingerprint density at radius 3 is 2.65 bits per heavy atom. The number of benzene rings is 2. The molecule has 10 heteroatoms. The number of aromatic amines is 1. The van der Waals surface area contributed by atoms with Gasteiger partial charge in [-0.05, 0) is 47.5 Å². The Morgan fingerprint density at radius 1 is 1.16 bits per heavy atom. The normalized spacial score (nSPS) is 16.4. The molecule has 5 rings (SSSR count). The van der Waals surface area contributed by atoms with Crippen molar-refractivity contribution in [1.29, 1.82) is 0 Å². The number of nitrogens with one attached hydrogen (secondary N) is 1. The maximum atomic E-state index is 13.6. The SMILES string of the molecule is CCN(Cc1ccccc1)C(c1cc2cc(OC)c(OC)cc2[nH]c1=O)c1nnnn1CC1CCCO1. The van der Waals surface area contributed by atoms with Gasteiger partial charge in [-0.25, -0.2) is 4.68 Å². The molecule has 1 N–H and O–H groups in total. The number of nitrogens with zero attached hydrogens (tertiary/aromatic N) is 5. The number of methoxy groups -OCH3 is 2. The average Bonchev–Trinajstić information content (AvgIpc) is 3.61. The highest BCUT2D eigenvalue weighted by atomic mass is 16.5. The molecule has 194 valence electrons. The highest BCUT2D eigenvalue weighted by molar-refractivity contribution is 5.83. The third kappa shape index (κ3) is 5.21. The van der Waals surface area contributed by atoms with E-state index in [4.69, 9.17) is 14.2 Å². The Bertz CT molecular complexity index is 1400. The molecule has 0 saturated carbocycles. The van der Waals surface area contributed by atoms with Crippen LogP contribution in [0.4, 0.5) is 0 Å². The summed E-state index contributed by atoms with van der Waals surface area (Å²) in [6, 6.07) is 15.3. The number of hydrogen-bond donors (Lipinski definition) is 1. The van der Waals surface area contributed by atoms with Gasteiger partial charge >= 0.3 is 0 Å². The lowest BCUT2D eigenvalue weighted by atomic mass is 10.0. The first-order valence-electron chi connectivity index (χ1n) is 12.6. The molecular weight excluding hydrogens is 472 g/mol. The molecule has 3 heterocycles. The minimum absolute atomic E-state index is 0.0544. The summed E-state index contributed by atoms with van der Waals surface area (Å²) in [6.07, 6.45) is 2.04. The molecule has 4 aromatic rings. The third-order valence-electron chi connectivity index (χ3n) is 6.88. The van der Waals surface area contributed by atoms with Gasteiger partial charge in [-0.3, -0.25) is 9.69 Å². The molecule has 0 bridgehead atoms. The van der Waals surface area contributed by atoms with Crippen molar-refractivity contribution in [3.8, 4) is 11.5 Å².